The van der Waals surface area contributed by atoms with E-state index in [0.717, 1.165) is 0 Å². The third-order valence-corrected chi connectivity index (χ3v) is 4.12. The molecule has 1 aromatic rings. The fraction of sp³-hybridized carbons (Fsp3) is 0.429. The van der Waals surface area contributed by atoms with Crippen LogP contribution in [0, 0.1) is 5.82 Å². The van der Waals surface area contributed by atoms with E-state index < -0.39 is 5.82 Å². The van der Waals surface area contributed by atoms with Crippen molar-refractivity contribution < 1.29 is 14.0 Å². The molecule has 0 bridgehead atoms. The van der Waals surface area contributed by atoms with Crippen molar-refractivity contribution >= 4 is 27.7 Å². The highest BCUT2D eigenvalue weighted by atomic mass is 79.9. The second-order valence-corrected chi connectivity index (χ2v) is 5.72. The molecule has 0 radical (unpaired) electrons. The number of halogens is 2. The molecule has 0 spiro atoms. The summed E-state index contributed by atoms with van der Waals surface area (Å²) in [5.74, 6) is -0.662. The van der Waals surface area contributed by atoms with Crippen molar-refractivity contribution in [3.8, 4) is 0 Å². The first-order chi connectivity index (χ1) is 10.0. The molecule has 0 saturated carbocycles. The molecule has 2 rings (SSSR count). The summed E-state index contributed by atoms with van der Waals surface area (Å²) < 4.78 is 13.8. The summed E-state index contributed by atoms with van der Waals surface area (Å²) in [5.41, 5.74) is 0.343. The maximum atomic E-state index is 13.5. The van der Waals surface area contributed by atoms with Crippen molar-refractivity contribution in [2.24, 2.45) is 0 Å². The van der Waals surface area contributed by atoms with Crippen LogP contribution in [-0.2, 0) is 4.79 Å². The summed E-state index contributed by atoms with van der Waals surface area (Å²) in [6, 6.07) is 4.38. The summed E-state index contributed by atoms with van der Waals surface area (Å²) in [4.78, 5) is 27.3. The molecular weight excluding hydrogens is 341 g/mol. The third kappa shape index (κ3) is 4.01. The van der Waals surface area contributed by atoms with E-state index in [0.29, 0.717) is 42.8 Å². The number of carbonyl (C=O) groups is 2. The van der Waals surface area contributed by atoms with Gasteiger partial charge in [0.1, 0.15) is 5.82 Å². The van der Waals surface area contributed by atoms with Gasteiger partial charge in [-0.2, -0.15) is 0 Å². The molecule has 0 aromatic heterocycles. The molecule has 0 unspecified atom stereocenters. The van der Waals surface area contributed by atoms with Gasteiger partial charge in [-0.15, -0.1) is 0 Å². The van der Waals surface area contributed by atoms with Gasteiger partial charge in [0.25, 0.3) is 5.91 Å². The van der Waals surface area contributed by atoms with Gasteiger partial charge in [-0.3, -0.25) is 14.5 Å². The van der Waals surface area contributed by atoms with E-state index in [-0.39, 0.29) is 11.8 Å². The van der Waals surface area contributed by atoms with Gasteiger partial charge >= 0.3 is 0 Å². The fourth-order valence-electron chi connectivity index (χ4n) is 2.20. The molecule has 1 aromatic carbocycles. The van der Waals surface area contributed by atoms with Gasteiger partial charge in [-0.1, -0.05) is 0 Å². The standard InChI is InChI=1S/C14H17BrFN3O2/c1-17-13(20)9-18-4-6-19(7-5-18)14(21)10-2-3-11(15)12(16)8-10/h2-3,8H,4-7,9H2,1H3,(H,17,20). The SMILES string of the molecule is CNC(=O)CN1CCN(C(=O)c2ccc(Br)c(F)c2)CC1. The van der Waals surface area contributed by atoms with Gasteiger partial charge in [-0.25, -0.2) is 4.39 Å². The molecule has 1 N–H and O–H groups in total. The van der Waals surface area contributed by atoms with E-state index in [4.69, 9.17) is 0 Å². The highest BCUT2D eigenvalue weighted by Gasteiger charge is 2.23. The molecule has 7 heteroatoms. The minimum absolute atomic E-state index is 0.0373. The van der Waals surface area contributed by atoms with Crippen molar-refractivity contribution in [1.29, 1.82) is 0 Å². The van der Waals surface area contributed by atoms with Gasteiger partial charge in [0, 0.05) is 38.8 Å². The van der Waals surface area contributed by atoms with Crippen LogP contribution in [0.3, 0.4) is 0 Å². The molecular formula is C14H17BrFN3O2. The van der Waals surface area contributed by atoms with E-state index >= 15 is 0 Å². The number of carbonyl (C=O) groups excluding carboxylic acids is 2. The lowest BCUT2D eigenvalue weighted by atomic mass is 10.1. The largest absolute Gasteiger partial charge is 0.358 e. The lowest BCUT2D eigenvalue weighted by molar-refractivity contribution is -0.122. The fourth-order valence-corrected chi connectivity index (χ4v) is 2.45. The van der Waals surface area contributed by atoms with E-state index in [1.165, 1.54) is 12.1 Å². The Hall–Kier alpha value is -1.47. The average molecular weight is 358 g/mol. The summed E-state index contributed by atoms with van der Waals surface area (Å²) in [7, 11) is 1.60. The molecule has 1 fully saturated rings. The Morgan fingerprint density at radius 3 is 2.52 bits per heavy atom. The molecule has 1 aliphatic rings. The number of piperazine rings is 1. The van der Waals surface area contributed by atoms with Crippen LogP contribution in [0.4, 0.5) is 4.39 Å². The summed E-state index contributed by atoms with van der Waals surface area (Å²) in [5, 5.41) is 2.58. The smallest absolute Gasteiger partial charge is 0.254 e. The predicted octanol–water partition coefficient (Wildman–Crippen LogP) is 1.09. The molecule has 1 heterocycles. The Morgan fingerprint density at radius 1 is 1.29 bits per heavy atom. The summed E-state index contributed by atoms with van der Waals surface area (Å²) >= 11 is 3.07. The Morgan fingerprint density at radius 2 is 1.95 bits per heavy atom. The van der Waals surface area contributed by atoms with E-state index in [2.05, 4.69) is 21.2 Å². The van der Waals surface area contributed by atoms with E-state index in [9.17, 15) is 14.0 Å². The maximum Gasteiger partial charge on any atom is 0.254 e. The minimum atomic E-state index is -0.445. The van der Waals surface area contributed by atoms with E-state index in [1.54, 1.807) is 18.0 Å². The third-order valence-electron chi connectivity index (χ3n) is 3.47. The van der Waals surface area contributed by atoms with Crippen LogP contribution in [0.15, 0.2) is 22.7 Å². The van der Waals surface area contributed by atoms with Crippen LogP contribution < -0.4 is 5.32 Å². The molecule has 21 heavy (non-hydrogen) atoms. The van der Waals surface area contributed by atoms with Crippen LogP contribution in [-0.4, -0.2) is 61.4 Å². The zero-order valence-corrected chi connectivity index (χ0v) is 13.3. The number of likely N-dealkylation sites (N-methyl/N-ethyl adjacent to an activating group) is 1. The lowest BCUT2D eigenvalue weighted by Crippen LogP contribution is -2.50. The lowest BCUT2D eigenvalue weighted by Gasteiger charge is -2.34. The monoisotopic (exact) mass is 357 g/mol. The van der Waals surface area contributed by atoms with Crippen LogP contribution in [0.2, 0.25) is 0 Å². The molecule has 0 aliphatic carbocycles. The Kier molecular flexibility index (Phi) is 5.30. The first kappa shape index (κ1) is 15.9. The average Bonchev–Trinajstić information content (AvgIpc) is 2.50. The van der Waals surface area contributed by atoms with Crippen molar-refractivity contribution in [3.05, 3.63) is 34.1 Å². The summed E-state index contributed by atoms with van der Waals surface area (Å²) in [6.07, 6.45) is 0. The second kappa shape index (κ2) is 7.00. The number of nitrogens with one attached hydrogen (secondary N) is 1. The quantitative estimate of drug-likeness (QED) is 0.880. The van der Waals surface area contributed by atoms with Crippen LogP contribution >= 0.6 is 15.9 Å². The van der Waals surface area contributed by atoms with Gasteiger partial charge in [0.2, 0.25) is 5.91 Å². The number of nitrogens with zero attached hydrogens (tertiary/aromatic N) is 2. The van der Waals surface area contributed by atoms with Crippen LogP contribution in [0.25, 0.3) is 0 Å². The molecule has 1 aliphatic heterocycles. The van der Waals surface area contributed by atoms with Crippen molar-refractivity contribution in [2.45, 2.75) is 0 Å². The summed E-state index contributed by atoms with van der Waals surface area (Å²) in [6.45, 7) is 2.68. The number of hydrogen-bond donors (Lipinski definition) is 1. The topological polar surface area (TPSA) is 52.7 Å². The normalized spacial score (nSPS) is 15.9. The highest BCUT2D eigenvalue weighted by molar-refractivity contribution is 9.10. The van der Waals surface area contributed by atoms with Gasteiger partial charge in [0.05, 0.1) is 11.0 Å². The Balaban J connectivity index is 1.93. The maximum absolute atomic E-state index is 13.5. The molecule has 0 atom stereocenters. The zero-order chi connectivity index (χ0) is 15.4. The highest BCUT2D eigenvalue weighted by Crippen LogP contribution is 2.18. The zero-order valence-electron chi connectivity index (χ0n) is 11.7. The Bertz CT molecular complexity index is 545. The number of amides is 2. The van der Waals surface area contributed by atoms with Crippen molar-refractivity contribution in [1.82, 2.24) is 15.1 Å². The molecule has 1 saturated heterocycles. The first-order valence-corrected chi connectivity index (χ1v) is 7.48. The van der Waals surface area contributed by atoms with Gasteiger partial charge in [-0.05, 0) is 34.1 Å². The van der Waals surface area contributed by atoms with Crippen molar-refractivity contribution in [3.63, 3.8) is 0 Å². The molecule has 114 valence electrons. The molecule has 2 amide bonds. The molecule has 5 nitrogen and oxygen atoms in total. The number of rotatable bonds is 3. The van der Waals surface area contributed by atoms with E-state index in [1.807, 2.05) is 4.90 Å². The number of hydrogen-bond acceptors (Lipinski definition) is 3. The second-order valence-electron chi connectivity index (χ2n) is 4.87. The van der Waals surface area contributed by atoms with Crippen LogP contribution in [0.1, 0.15) is 10.4 Å². The number of benzene rings is 1. The van der Waals surface area contributed by atoms with Crippen LogP contribution in [0.5, 0.6) is 0 Å². The predicted molar refractivity (Wildman–Crippen MR) is 80.5 cm³/mol. The first-order valence-electron chi connectivity index (χ1n) is 6.68. The van der Waals surface area contributed by atoms with Gasteiger partial charge in [0.15, 0.2) is 0 Å². The Labute approximate surface area is 131 Å². The minimum Gasteiger partial charge on any atom is -0.358 e. The van der Waals surface area contributed by atoms with Crippen molar-refractivity contribution in [2.75, 3.05) is 39.8 Å². The van der Waals surface area contributed by atoms with Gasteiger partial charge < -0.3 is 10.2 Å².